The Labute approximate surface area is 165 Å². The standard InChI is InChI=1S/C19H26Cl2N2O3/c1-15(24)13-18(25)23(21)11-6-5-10-22-12-9-19(26,14-17(22)20)16-7-3-2-4-8-16/h2-4,7-8,17,26H,5-6,9-14H2,1H3. The van der Waals surface area contributed by atoms with E-state index >= 15 is 0 Å². The molecule has 144 valence electrons. The maximum absolute atomic E-state index is 11.6. The monoisotopic (exact) mass is 400 g/mol. The maximum Gasteiger partial charge on any atom is 0.244 e. The summed E-state index contributed by atoms with van der Waals surface area (Å²) in [7, 11) is 0. The fourth-order valence-electron chi connectivity index (χ4n) is 3.23. The number of nitrogens with zero attached hydrogens (tertiary/aromatic N) is 2. The molecule has 1 fully saturated rings. The third kappa shape index (κ3) is 5.95. The molecule has 26 heavy (non-hydrogen) atoms. The first-order valence-corrected chi connectivity index (χ1v) is 9.71. The molecule has 1 aromatic carbocycles. The number of alkyl halides is 1. The van der Waals surface area contributed by atoms with Gasteiger partial charge in [-0.25, -0.2) is 0 Å². The highest BCUT2D eigenvalue weighted by molar-refractivity contribution is 6.22. The molecule has 1 N–H and O–H groups in total. The SMILES string of the molecule is CC(=O)CC(=O)N(Cl)CCCCN1CCC(O)(c2ccccc2)CC1Cl. The minimum Gasteiger partial charge on any atom is -0.385 e. The number of halogens is 2. The zero-order valence-electron chi connectivity index (χ0n) is 15.0. The summed E-state index contributed by atoms with van der Waals surface area (Å²) in [4.78, 5) is 24.7. The number of unbranched alkanes of at least 4 members (excludes halogenated alkanes) is 1. The van der Waals surface area contributed by atoms with Crippen LogP contribution in [0.25, 0.3) is 0 Å². The van der Waals surface area contributed by atoms with Crippen molar-refractivity contribution in [1.82, 2.24) is 9.32 Å². The van der Waals surface area contributed by atoms with Gasteiger partial charge >= 0.3 is 0 Å². The van der Waals surface area contributed by atoms with E-state index in [-0.39, 0.29) is 23.6 Å². The summed E-state index contributed by atoms with van der Waals surface area (Å²) in [5.41, 5.74) is -0.205. The van der Waals surface area contributed by atoms with Crippen LogP contribution in [0.15, 0.2) is 30.3 Å². The number of ketones is 1. The van der Waals surface area contributed by atoms with E-state index in [4.69, 9.17) is 23.4 Å². The van der Waals surface area contributed by atoms with Gasteiger partial charge in [0.2, 0.25) is 5.91 Å². The number of hydrogen-bond donors (Lipinski definition) is 1. The Kier molecular flexibility index (Phi) is 7.89. The van der Waals surface area contributed by atoms with E-state index in [9.17, 15) is 14.7 Å². The summed E-state index contributed by atoms with van der Waals surface area (Å²) in [6.45, 7) is 3.27. The van der Waals surface area contributed by atoms with Crippen molar-refractivity contribution in [1.29, 1.82) is 0 Å². The first kappa shape index (κ1) is 21.2. The molecule has 0 spiro atoms. The summed E-state index contributed by atoms with van der Waals surface area (Å²) >= 11 is 12.4. The maximum atomic E-state index is 11.6. The van der Waals surface area contributed by atoms with Crippen LogP contribution in [0.3, 0.4) is 0 Å². The van der Waals surface area contributed by atoms with Crippen LogP contribution in [0.5, 0.6) is 0 Å². The van der Waals surface area contributed by atoms with Crippen molar-refractivity contribution in [2.24, 2.45) is 0 Å². The predicted octanol–water partition coefficient (Wildman–Crippen LogP) is 3.28. The molecule has 5 nitrogen and oxygen atoms in total. The van der Waals surface area contributed by atoms with Crippen molar-refractivity contribution < 1.29 is 14.7 Å². The number of piperidine rings is 1. The van der Waals surface area contributed by atoms with E-state index in [2.05, 4.69) is 4.90 Å². The third-order valence-electron chi connectivity index (χ3n) is 4.75. The van der Waals surface area contributed by atoms with Crippen LogP contribution < -0.4 is 0 Å². The Morgan fingerprint density at radius 2 is 2.00 bits per heavy atom. The zero-order chi connectivity index (χ0) is 19.2. The van der Waals surface area contributed by atoms with Gasteiger partial charge in [-0.3, -0.25) is 18.9 Å². The average molecular weight is 401 g/mol. The van der Waals surface area contributed by atoms with E-state index in [1.54, 1.807) is 0 Å². The summed E-state index contributed by atoms with van der Waals surface area (Å²) in [6, 6.07) is 9.66. The van der Waals surface area contributed by atoms with Gasteiger partial charge in [0.25, 0.3) is 0 Å². The van der Waals surface area contributed by atoms with Gasteiger partial charge in [0.1, 0.15) is 5.78 Å². The van der Waals surface area contributed by atoms with Crippen molar-refractivity contribution in [3.05, 3.63) is 35.9 Å². The largest absolute Gasteiger partial charge is 0.385 e. The van der Waals surface area contributed by atoms with Gasteiger partial charge in [0.15, 0.2) is 0 Å². The summed E-state index contributed by atoms with van der Waals surface area (Å²) in [5.74, 6) is -0.551. The van der Waals surface area contributed by atoms with Crippen LogP contribution in [0.2, 0.25) is 0 Å². The topological polar surface area (TPSA) is 60.9 Å². The van der Waals surface area contributed by atoms with E-state index in [0.29, 0.717) is 25.9 Å². The second-order valence-electron chi connectivity index (χ2n) is 6.89. The number of Topliss-reactive ketones (excluding diaryl/α,β-unsaturated/α-hetero) is 1. The van der Waals surface area contributed by atoms with Crippen molar-refractivity contribution >= 4 is 35.1 Å². The minimum atomic E-state index is -0.879. The Morgan fingerprint density at radius 3 is 2.62 bits per heavy atom. The lowest BCUT2D eigenvalue weighted by atomic mass is 9.84. The molecule has 1 saturated heterocycles. The Hall–Kier alpha value is -1.14. The Balaban J connectivity index is 1.74. The average Bonchev–Trinajstić information content (AvgIpc) is 2.60. The summed E-state index contributed by atoms with van der Waals surface area (Å²) in [5, 5.41) is 10.9. The lowest BCUT2D eigenvalue weighted by Gasteiger charge is -2.41. The Bertz CT molecular complexity index is 614. The van der Waals surface area contributed by atoms with Gasteiger partial charge in [0.05, 0.1) is 17.5 Å². The van der Waals surface area contributed by atoms with E-state index in [1.165, 1.54) is 6.92 Å². The molecule has 1 amide bonds. The highest BCUT2D eigenvalue weighted by atomic mass is 35.5. The van der Waals surface area contributed by atoms with Crippen LogP contribution >= 0.6 is 23.4 Å². The van der Waals surface area contributed by atoms with Gasteiger partial charge in [-0.15, -0.1) is 11.6 Å². The van der Waals surface area contributed by atoms with Crippen LogP contribution in [0.4, 0.5) is 0 Å². The van der Waals surface area contributed by atoms with Gasteiger partial charge in [-0.2, -0.15) is 0 Å². The van der Waals surface area contributed by atoms with Gasteiger partial charge < -0.3 is 5.11 Å². The molecule has 0 bridgehead atoms. The number of rotatable bonds is 8. The van der Waals surface area contributed by atoms with Crippen molar-refractivity contribution in [3.63, 3.8) is 0 Å². The van der Waals surface area contributed by atoms with E-state index < -0.39 is 5.60 Å². The summed E-state index contributed by atoms with van der Waals surface area (Å²) in [6.07, 6.45) is 2.54. The molecule has 1 aliphatic heterocycles. The first-order chi connectivity index (χ1) is 12.3. The number of carbonyl (C=O) groups excluding carboxylic acids is 2. The molecule has 2 rings (SSSR count). The lowest BCUT2D eigenvalue weighted by Crippen LogP contribution is -2.47. The highest BCUT2D eigenvalue weighted by Gasteiger charge is 2.38. The molecule has 1 aromatic rings. The fraction of sp³-hybridized carbons (Fsp3) is 0.579. The second kappa shape index (κ2) is 9.70. The van der Waals surface area contributed by atoms with E-state index in [0.717, 1.165) is 29.4 Å². The number of benzene rings is 1. The number of amides is 1. The molecule has 0 radical (unpaired) electrons. The van der Waals surface area contributed by atoms with Crippen molar-refractivity contribution in [2.75, 3.05) is 19.6 Å². The van der Waals surface area contributed by atoms with Crippen LogP contribution in [-0.2, 0) is 15.2 Å². The lowest BCUT2D eigenvalue weighted by molar-refractivity contribution is -0.131. The van der Waals surface area contributed by atoms with Gasteiger partial charge in [-0.05, 0) is 38.3 Å². The predicted molar refractivity (Wildman–Crippen MR) is 103 cm³/mol. The molecule has 0 saturated carbocycles. The normalized spacial score (nSPS) is 23.6. The third-order valence-corrected chi connectivity index (χ3v) is 5.53. The molecule has 7 heteroatoms. The molecule has 0 aromatic heterocycles. The first-order valence-electron chi connectivity index (χ1n) is 8.93. The Morgan fingerprint density at radius 1 is 1.31 bits per heavy atom. The quantitative estimate of drug-likeness (QED) is 0.239. The highest BCUT2D eigenvalue weighted by Crippen LogP contribution is 2.37. The number of aliphatic hydroxyl groups is 1. The molecular weight excluding hydrogens is 375 g/mol. The number of carbonyl (C=O) groups is 2. The second-order valence-corrected chi connectivity index (χ2v) is 7.80. The van der Waals surface area contributed by atoms with Crippen molar-refractivity contribution in [2.45, 2.75) is 50.1 Å². The smallest absolute Gasteiger partial charge is 0.244 e. The molecule has 0 aliphatic carbocycles. The zero-order valence-corrected chi connectivity index (χ0v) is 16.5. The van der Waals surface area contributed by atoms with Crippen LogP contribution in [-0.4, -0.2) is 51.3 Å². The molecule has 2 atom stereocenters. The molecule has 2 unspecified atom stereocenters. The van der Waals surface area contributed by atoms with Gasteiger partial charge in [-0.1, -0.05) is 30.3 Å². The molecule has 1 heterocycles. The van der Waals surface area contributed by atoms with Crippen LogP contribution in [0.1, 0.15) is 44.6 Å². The van der Waals surface area contributed by atoms with Crippen molar-refractivity contribution in [3.8, 4) is 0 Å². The fourth-order valence-corrected chi connectivity index (χ4v) is 3.86. The number of hydrogen-bond acceptors (Lipinski definition) is 4. The molecular formula is C19H26Cl2N2O3. The van der Waals surface area contributed by atoms with Crippen LogP contribution in [0, 0.1) is 0 Å². The van der Waals surface area contributed by atoms with Gasteiger partial charge in [0, 0.05) is 31.3 Å². The number of likely N-dealkylation sites (tertiary alicyclic amines) is 1. The minimum absolute atomic E-state index is 0.155. The van der Waals surface area contributed by atoms with E-state index in [1.807, 2.05) is 30.3 Å². The summed E-state index contributed by atoms with van der Waals surface area (Å²) < 4.78 is 1.09. The molecule has 1 aliphatic rings.